The smallest absolute Gasteiger partial charge is 0.365 e. The van der Waals surface area contributed by atoms with E-state index < -0.39 is 16.5 Å². The summed E-state index contributed by atoms with van der Waals surface area (Å²) >= 11 is 0. The minimum Gasteiger partial charge on any atom is -0.380 e. The molecule has 1 fully saturated rings. The van der Waals surface area contributed by atoms with Gasteiger partial charge in [0.2, 0.25) is 0 Å². The minimum atomic E-state index is -1.86. The minimum absolute atomic E-state index is 0.213. The van der Waals surface area contributed by atoms with E-state index in [-0.39, 0.29) is 6.04 Å². The molecule has 1 saturated heterocycles. The number of piperazine rings is 1. The maximum atomic E-state index is 11.9. The van der Waals surface area contributed by atoms with Crippen molar-refractivity contribution in [3.05, 3.63) is 93.7 Å². The summed E-state index contributed by atoms with van der Waals surface area (Å²) in [6.45, 7) is 8.38. The summed E-state index contributed by atoms with van der Waals surface area (Å²) in [6, 6.07) is 22.6. The van der Waals surface area contributed by atoms with Gasteiger partial charge in [-0.05, 0) is 31.1 Å². The maximum Gasteiger partial charge on any atom is 0.365 e. The second-order valence-corrected chi connectivity index (χ2v) is 9.17. The molecule has 1 N–H and O–H groups in total. The van der Waals surface area contributed by atoms with Crippen molar-refractivity contribution in [3.8, 4) is 6.07 Å². The predicted octanol–water partition coefficient (Wildman–Crippen LogP) is 3.27. The van der Waals surface area contributed by atoms with Gasteiger partial charge >= 0.3 is 5.54 Å². The Hall–Kier alpha value is -3.54. The molecule has 0 saturated carbocycles. The zero-order valence-electron chi connectivity index (χ0n) is 20.3. The number of nitro groups is 1. The molecule has 8 nitrogen and oxygen atoms in total. The molecule has 2 heterocycles. The summed E-state index contributed by atoms with van der Waals surface area (Å²) in [7, 11) is 0. The fraction of sp³-hybridized carbons (Fsp3) is 0.407. The molecule has 8 heteroatoms. The van der Waals surface area contributed by atoms with Gasteiger partial charge in [0.25, 0.3) is 0 Å². The van der Waals surface area contributed by atoms with Crippen LogP contribution in [0.2, 0.25) is 0 Å². The average Bonchev–Trinajstić information content (AvgIpc) is 2.86. The van der Waals surface area contributed by atoms with Gasteiger partial charge in [-0.25, -0.2) is 0 Å². The van der Waals surface area contributed by atoms with Crippen LogP contribution >= 0.6 is 0 Å². The molecule has 2 aromatic rings. The lowest BCUT2D eigenvalue weighted by atomic mass is 9.86. The zero-order valence-corrected chi connectivity index (χ0v) is 20.3. The van der Waals surface area contributed by atoms with Crippen LogP contribution in [0.5, 0.6) is 0 Å². The number of aliphatic imine (C=N–C) groups is 1. The second kappa shape index (κ2) is 10.8. The maximum absolute atomic E-state index is 11.9. The normalized spacial score (nSPS) is 23.3. The number of dihydropyridines is 1. The average molecular weight is 473 g/mol. The topological polar surface area (TPSA) is 97.8 Å². The van der Waals surface area contributed by atoms with Gasteiger partial charge in [0.15, 0.2) is 6.07 Å². The molecule has 0 amide bonds. The zero-order chi connectivity index (χ0) is 24.8. The molecule has 0 radical (unpaired) electrons. The Kier molecular flexibility index (Phi) is 7.59. The highest BCUT2D eigenvalue weighted by atomic mass is 16.6. The number of hydrogen-bond acceptors (Lipinski definition) is 7. The monoisotopic (exact) mass is 472 g/mol. The summed E-state index contributed by atoms with van der Waals surface area (Å²) < 4.78 is 0. The number of allylic oxidation sites excluding steroid dienone is 1. The quantitative estimate of drug-likeness (QED) is 0.468. The fourth-order valence-electron chi connectivity index (χ4n) is 5.09. The third kappa shape index (κ3) is 5.11. The van der Waals surface area contributed by atoms with E-state index in [0.29, 0.717) is 18.0 Å². The summed E-state index contributed by atoms with van der Waals surface area (Å²) in [4.78, 5) is 20.5. The van der Waals surface area contributed by atoms with Crippen LogP contribution in [0.3, 0.4) is 0 Å². The molecular weight excluding hydrogens is 440 g/mol. The largest absolute Gasteiger partial charge is 0.380 e. The lowest BCUT2D eigenvalue weighted by Crippen LogP contribution is -2.54. The van der Waals surface area contributed by atoms with Crippen LogP contribution in [0.1, 0.15) is 31.0 Å². The van der Waals surface area contributed by atoms with Gasteiger partial charge in [-0.3, -0.25) is 24.9 Å². The van der Waals surface area contributed by atoms with E-state index in [4.69, 9.17) is 0 Å². The standard InChI is InChI=1S/C27H32N6O2/c1-21-19-25(27(20-28,33(34)35)22(2)30-21)29-13-14-31-15-17-32(18-16-31)26(23-9-5-3-6-10-23)24-11-7-4-8-12-24/h3-12,19,22,26,29H,13-18H2,1-2H3. The summed E-state index contributed by atoms with van der Waals surface area (Å²) in [5.74, 6) is 0. The first-order valence-corrected chi connectivity index (χ1v) is 12.1. The van der Waals surface area contributed by atoms with Crippen molar-refractivity contribution in [2.45, 2.75) is 31.5 Å². The van der Waals surface area contributed by atoms with E-state index in [0.717, 1.165) is 32.7 Å². The molecule has 35 heavy (non-hydrogen) atoms. The van der Waals surface area contributed by atoms with Crippen molar-refractivity contribution >= 4 is 5.71 Å². The molecule has 2 atom stereocenters. The molecule has 0 aromatic heterocycles. The van der Waals surface area contributed by atoms with Crippen molar-refractivity contribution in [1.29, 1.82) is 5.26 Å². The lowest BCUT2D eigenvalue weighted by molar-refractivity contribution is -0.544. The fourth-order valence-corrected chi connectivity index (χ4v) is 5.09. The van der Waals surface area contributed by atoms with Crippen molar-refractivity contribution in [3.63, 3.8) is 0 Å². The highest BCUT2D eigenvalue weighted by Gasteiger charge is 2.54. The molecule has 0 aliphatic carbocycles. The molecule has 0 bridgehead atoms. The first kappa shape index (κ1) is 24.6. The molecule has 2 aliphatic heterocycles. The van der Waals surface area contributed by atoms with E-state index in [1.807, 2.05) is 18.2 Å². The number of benzene rings is 2. The van der Waals surface area contributed by atoms with Crippen LogP contribution in [0.25, 0.3) is 0 Å². The van der Waals surface area contributed by atoms with Gasteiger partial charge < -0.3 is 5.32 Å². The second-order valence-electron chi connectivity index (χ2n) is 9.17. The number of nitrogens with zero attached hydrogens (tertiary/aromatic N) is 5. The molecule has 2 aliphatic rings. The molecule has 4 rings (SSSR count). The Morgan fingerprint density at radius 2 is 1.69 bits per heavy atom. The van der Waals surface area contributed by atoms with Gasteiger partial charge in [-0.1, -0.05) is 60.7 Å². The van der Waals surface area contributed by atoms with Crippen molar-refractivity contribution in [1.82, 2.24) is 15.1 Å². The third-order valence-electron chi connectivity index (χ3n) is 6.97. The van der Waals surface area contributed by atoms with Crippen LogP contribution in [0.15, 0.2) is 77.4 Å². The molecular formula is C27H32N6O2. The van der Waals surface area contributed by atoms with Crippen LogP contribution < -0.4 is 5.32 Å². The van der Waals surface area contributed by atoms with E-state index >= 15 is 0 Å². The highest BCUT2D eigenvalue weighted by molar-refractivity contribution is 5.95. The highest BCUT2D eigenvalue weighted by Crippen LogP contribution is 2.30. The van der Waals surface area contributed by atoms with Gasteiger partial charge in [0.1, 0.15) is 11.7 Å². The number of nitriles is 1. The molecule has 2 unspecified atom stereocenters. The predicted molar refractivity (Wildman–Crippen MR) is 137 cm³/mol. The third-order valence-corrected chi connectivity index (χ3v) is 6.97. The number of nitrogens with one attached hydrogen (secondary N) is 1. The Morgan fingerprint density at radius 3 is 2.20 bits per heavy atom. The van der Waals surface area contributed by atoms with Gasteiger partial charge in [-0.2, -0.15) is 5.26 Å². The molecule has 0 spiro atoms. The van der Waals surface area contributed by atoms with Crippen LogP contribution in [-0.2, 0) is 0 Å². The van der Waals surface area contributed by atoms with Crippen LogP contribution in [-0.4, -0.2) is 71.3 Å². The van der Waals surface area contributed by atoms with Gasteiger partial charge in [0, 0.05) is 45.0 Å². The first-order chi connectivity index (χ1) is 17.0. The molecule has 2 aromatic carbocycles. The summed E-state index contributed by atoms with van der Waals surface area (Å²) in [5.41, 5.74) is 1.73. The summed E-state index contributed by atoms with van der Waals surface area (Å²) in [5, 5.41) is 24.7. The van der Waals surface area contributed by atoms with Crippen molar-refractivity contribution in [2.24, 2.45) is 4.99 Å². The van der Waals surface area contributed by atoms with Crippen molar-refractivity contribution in [2.75, 3.05) is 39.3 Å². The summed E-state index contributed by atoms with van der Waals surface area (Å²) in [6.07, 6.45) is 1.63. The van der Waals surface area contributed by atoms with Crippen LogP contribution in [0, 0.1) is 21.4 Å². The lowest BCUT2D eigenvalue weighted by Gasteiger charge is -2.40. The van der Waals surface area contributed by atoms with E-state index in [1.165, 1.54) is 11.1 Å². The van der Waals surface area contributed by atoms with E-state index in [2.05, 4.69) is 68.6 Å². The first-order valence-electron chi connectivity index (χ1n) is 12.1. The van der Waals surface area contributed by atoms with Gasteiger partial charge in [0.05, 0.1) is 11.0 Å². The Labute approximate surface area is 206 Å². The van der Waals surface area contributed by atoms with Crippen LogP contribution in [0.4, 0.5) is 0 Å². The van der Waals surface area contributed by atoms with E-state index in [1.54, 1.807) is 19.9 Å². The van der Waals surface area contributed by atoms with E-state index in [9.17, 15) is 15.4 Å². The number of rotatable bonds is 8. The Balaban J connectivity index is 1.37. The SMILES string of the molecule is CC1=NC(C)C(C#N)([N+](=O)[O-])C(NCCN2CCN(C(c3ccccc3)c3ccccc3)CC2)=C1. The Morgan fingerprint density at radius 1 is 1.11 bits per heavy atom. The molecule has 182 valence electrons. The number of hydrogen-bond donors (Lipinski definition) is 1. The Bertz CT molecular complexity index is 1080. The van der Waals surface area contributed by atoms with Gasteiger partial charge in [-0.15, -0.1) is 0 Å². The van der Waals surface area contributed by atoms with Crippen molar-refractivity contribution < 1.29 is 4.92 Å².